The number of hydrogen-bond acceptors (Lipinski definition) is 13. The maximum atomic E-state index is 16.4. The molecule has 0 spiro atoms. The second kappa shape index (κ2) is 19.4. The van der Waals surface area contributed by atoms with Crippen LogP contribution in [0.5, 0.6) is 0 Å². The monoisotopic (exact) mass is 863 g/mol. The van der Waals surface area contributed by atoms with Crippen LogP contribution in [0, 0.1) is 11.7 Å². The average molecular weight is 864 g/mol. The van der Waals surface area contributed by atoms with E-state index in [1.165, 1.54) is 12.1 Å². The predicted octanol–water partition coefficient (Wildman–Crippen LogP) is 3.92. The smallest absolute Gasteiger partial charge is 0.264 e. The molecular formula is C42H48ClF2N9O7. The van der Waals surface area contributed by atoms with E-state index >= 15 is 8.78 Å². The van der Waals surface area contributed by atoms with Gasteiger partial charge in [-0.05, 0) is 43.0 Å². The van der Waals surface area contributed by atoms with E-state index in [4.69, 9.17) is 26.1 Å². The Hall–Kier alpha value is -5.56. The topological polar surface area (TPSA) is 187 Å². The Bertz CT molecular complexity index is 2290. The second-order valence-electron chi connectivity index (χ2n) is 15.2. The molecule has 2 aromatic carbocycles. The van der Waals surface area contributed by atoms with Crippen LogP contribution in [0.4, 0.5) is 26.2 Å². The average Bonchev–Trinajstić information content (AvgIpc) is 3.50. The van der Waals surface area contributed by atoms with Crippen molar-refractivity contribution in [3.63, 3.8) is 0 Å². The number of carbonyl (C=O) groups is 5. The number of fused-ring (bicyclic) bond motifs is 2. The lowest BCUT2D eigenvalue weighted by atomic mass is 9.86. The molecule has 324 valence electrons. The highest BCUT2D eigenvalue weighted by Crippen LogP contribution is 2.42. The van der Waals surface area contributed by atoms with Crippen LogP contribution in [0.15, 0.2) is 42.2 Å². The number of anilines is 3. The molecule has 3 aromatic rings. The van der Waals surface area contributed by atoms with Gasteiger partial charge >= 0.3 is 0 Å². The number of carbonyl (C=O) groups excluding carboxylic acids is 5. The van der Waals surface area contributed by atoms with Gasteiger partial charge in [-0.2, -0.15) is 4.98 Å². The molecule has 61 heavy (non-hydrogen) atoms. The number of amides is 5. The number of allylic oxidation sites excluding steroid dienone is 4. The molecule has 1 aromatic heterocycles. The lowest BCUT2D eigenvalue weighted by molar-refractivity contribution is -0.136. The van der Waals surface area contributed by atoms with E-state index < -0.39 is 41.3 Å². The van der Waals surface area contributed by atoms with Crippen molar-refractivity contribution >= 4 is 75.1 Å². The summed E-state index contributed by atoms with van der Waals surface area (Å²) in [5.41, 5.74) is 1.01. The first kappa shape index (κ1) is 43.5. The van der Waals surface area contributed by atoms with Crippen LogP contribution < -0.4 is 26.2 Å². The Balaban J connectivity index is 0.850. The van der Waals surface area contributed by atoms with Gasteiger partial charge in [-0.3, -0.25) is 34.2 Å². The third-order valence-electron chi connectivity index (χ3n) is 11.1. The first-order chi connectivity index (χ1) is 29.4. The van der Waals surface area contributed by atoms with Crippen LogP contribution in [0.3, 0.4) is 0 Å². The Kier molecular flexibility index (Phi) is 13.9. The van der Waals surface area contributed by atoms with Gasteiger partial charge in [-0.1, -0.05) is 30.7 Å². The quantitative estimate of drug-likeness (QED) is 0.113. The molecular weight excluding hydrogens is 816 g/mol. The number of likely N-dealkylation sites (N-methyl/N-ethyl adjacent to an activating group) is 1. The van der Waals surface area contributed by atoms with Crippen LogP contribution in [0.25, 0.3) is 16.5 Å². The van der Waals surface area contributed by atoms with E-state index in [1.54, 1.807) is 36.2 Å². The minimum atomic E-state index is -1.05. The zero-order valence-corrected chi connectivity index (χ0v) is 34.7. The highest BCUT2D eigenvalue weighted by atomic mass is 35.5. The number of piperazine rings is 1. The fraction of sp³-hybridized carbons (Fsp3) is 0.452. The standard InChI is InChI=1S/C42H48ClF2N9O7/c1-24-5-3-7-28(44)33(24)35-27(43)23-26-37(36(35)45)50-42(51-38(26)53-16-13-46-14-17-53)48-12-11-32(56)52(2)18-20-61-22-21-60-19-15-47-29-8-4-6-25-34(29)41(59)54(40(25)58)30-9-10-31(55)49-39(30)57/h3-4,6-8,23-24,30,46-47H,5,9-22H2,1-2H3,(H,48,50,51)(H,49,55,57)/t24-,30?/m0/s1. The van der Waals surface area contributed by atoms with Crippen molar-refractivity contribution in [1.82, 2.24) is 30.4 Å². The van der Waals surface area contributed by atoms with E-state index in [0.29, 0.717) is 62.6 Å². The molecule has 4 aliphatic rings. The maximum Gasteiger partial charge on any atom is 0.264 e. The minimum absolute atomic E-state index is 0.00551. The Morgan fingerprint density at radius 2 is 1.77 bits per heavy atom. The van der Waals surface area contributed by atoms with E-state index in [9.17, 15) is 24.0 Å². The highest BCUT2D eigenvalue weighted by molar-refractivity contribution is 6.33. The van der Waals surface area contributed by atoms with Gasteiger partial charge in [0.1, 0.15) is 23.2 Å². The van der Waals surface area contributed by atoms with Gasteiger partial charge in [-0.25, -0.2) is 13.8 Å². The molecule has 2 fully saturated rings. The molecule has 2 saturated heterocycles. The number of ether oxygens (including phenoxy) is 2. The predicted molar refractivity (Wildman–Crippen MR) is 225 cm³/mol. The van der Waals surface area contributed by atoms with E-state index in [0.717, 1.165) is 4.90 Å². The number of piperidine rings is 1. The normalized spacial score (nSPS) is 19.2. The molecule has 0 bridgehead atoms. The van der Waals surface area contributed by atoms with E-state index in [2.05, 4.69) is 26.3 Å². The van der Waals surface area contributed by atoms with Crippen LogP contribution in [0.2, 0.25) is 5.02 Å². The Morgan fingerprint density at radius 1 is 1.00 bits per heavy atom. The number of aromatic nitrogens is 2. The van der Waals surface area contributed by atoms with Gasteiger partial charge in [0.15, 0.2) is 5.82 Å². The molecule has 16 nitrogen and oxygen atoms in total. The SMILES string of the molecule is C[C@H]1CC=CC(F)=C1c1c(Cl)cc2c(N3CCNCC3)nc(NCCC(=O)N(C)CCOCCOCCNc3cccc4c3C(=O)N(C3CCC(=O)NC3=O)C4=O)nc2c1F. The fourth-order valence-electron chi connectivity index (χ4n) is 7.85. The number of nitrogens with one attached hydrogen (secondary N) is 4. The lowest BCUT2D eigenvalue weighted by Gasteiger charge is -2.30. The molecule has 19 heteroatoms. The summed E-state index contributed by atoms with van der Waals surface area (Å²) in [5.74, 6) is -3.33. The van der Waals surface area contributed by atoms with E-state index in [1.807, 2.05) is 11.8 Å². The van der Waals surface area contributed by atoms with Gasteiger partial charge in [0.2, 0.25) is 23.7 Å². The minimum Gasteiger partial charge on any atom is -0.382 e. The summed E-state index contributed by atoms with van der Waals surface area (Å²) in [6.45, 7) is 6.41. The number of halogens is 3. The number of benzene rings is 2. The van der Waals surface area contributed by atoms with Gasteiger partial charge < -0.3 is 35.2 Å². The first-order valence-electron chi connectivity index (χ1n) is 20.4. The van der Waals surface area contributed by atoms with Crippen LogP contribution in [0.1, 0.15) is 58.9 Å². The van der Waals surface area contributed by atoms with Crippen molar-refractivity contribution in [2.75, 3.05) is 94.8 Å². The zero-order valence-electron chi connectivity index (χ0n) is 34.0. The molecule has 0 radical (unpaired) electrons. The van der Waals surface area contributed by atoms with Gasteiger partial charge in [0.05, 0.1) is 42.6 Å². The molecule has 0 saturated carbocycles. The molecule has 4 N–H and O–H groups in total. The highest BCUT2D eigenvalue weighted by Gasteiger charge is 2.45. The van der Waals surface area contributed by atoms with Gasteiger partial charge in [0.25, 0.3) is 11.8 Å². The van der Waals surface area contributed by atoms with Gasteiger partial charge in [0, 0.05) is 87.9 Å². The van der Waals surface area contributed by atoms with E-state index in [-0.39, 0.29) is 103 Å². The third kappa shape index (κ3) is 9.51. The summed E-state index contributed by atoms with van der Waals surface area (Å²) < 4.78 is 42.8. The van der Waals surface area contributed by atoms with Crippen molar-refractivity contribution in [2.24, 2.45) is 5.92 Å². The Morgan fingerprint density at radius 3 is 2.52 bits per heavy atom. The summed E-state index contributed by atoms with van der Waals surface area (Å²) in [7, 11) is 1.67. The number of nitrogens with zero attached hydrogens (tertiary/aromatic N) is 5. The summed E-state index contributed by atoms with van der Waals surface area (Å²) in [4.78, 5) is 77.0. The molecule has 5 amide bonds. The maximum absolute atomic E-state index is 16.4. The molecule has 1 aliphatic carbocycles. The zero-order chi connectivity index (χ0) is 43.2. The molecule has 7 rings (SSSR count). The molecule has 2 atom stereocenters. The van der Waals surface area contributed by atoms with Crippen molar-refractivity contribution < 1.29 is 42.2 Å². The second-order valence-corrected chi connectivity index (χ2v) is 15.6. The Labute approximate surface area is 356 Å². The lowest BCUT2D eigenvalue weighted by Crippen LogP contribution is -2.54. The van der Waals surface area contributed by atoms with Crippen molar-refractivity contribution in [3.05, 3.63) is 69.8 Å². The summed E-state index contributed by atoms with van der Waals surface area (Å²) in [6.07, 6.45) is 3.82. The van der Waals surface area contributed by atoms with Crippen molar-refractivity contribution in [1.29, 1.82) is 0 Å². The number of imide groups is 2. The third-order valence-corrected chi connectivity index (χ3v) is 11.4. The summed E-state index contributed by atoms with van der Waals surface area (Å²) in [6, 6.07) is 5.41. The fourth-order valence-corrected chi connectivity index (χ4v) is 8.14. The summed E-state index contributed by atoms with van der Waals surface area (Å²) >= 11 is 6.66. The van der Waals surface area contributed by atoms with Crippen LogP contribution in [-0.2, 0) is 23.9 Å². The largest absolute Gasteiger partial charge is 0.382 e. The van der Waals surface area contributed by atoms with Crippen molar-refractivity contribution in [2.45, 2.75) is 38.6 Å². The molecule has 3 aliphatic heterocycles. The number of rotatable bonds is 17. The molecule has 1 unspecified atom stereocenters. The van der Waals surface area contributed by atoms with Crippen molar-refractivity contribution in [3.8, 4) is 0 Å². The summed E-state index contributed by atoms with van der Waals surface area (Å²) in [5, 5.41) is 12.2. The van der Waals surface area contributed by atoms with Crippen LogP contribution in [-0.4, -0.2) is 135 Å². The molecule has 4 heterocycles. The van der Waals surface area contributed by atoms with Crippen LogP contribution >= 0.6 is 11.6 Å². The number of hydrogen-bond donors (Lipinski definition) is 4. The van der Waals surface area contributed by atoms with Gasteiger partial charge in [-0.15, -0.1) is 0 Å². The first-order valence-corrected chi connectivity index (χ1v) is 20.8.